The van der Waals surface area contributed by atoms with Crippen LogP contribution in [0.25, 0.3) is 0 Å². The maximum atomic E-state index is 13.2. The third-order valence-corrected chi connectivity index (χ3v) is 6.48. The number of hydrogen-bond donors (Lipinski definition) is 2. The smallest absolute Gasteiger partial charge is 0.338 e. The molecular weight excluding hydrogens is 434 g/mol. The van der Waals surface area contributed by atoms with Crippen LogP contribution in [0.15, 0.2) is 29.5 Å². The van der Waals surface area contributed by atoms with Gasteiger partial charge in [0, 0.05) is 51.5 Å². The van der Waals surface area contributed by atoms with Crippen molar-refractivity contribution in [3.63, 3.8) is 0 Å². The Morgan fingerprint density at radius 3 is 2.56 bits per heavy atom. The van der Waals surface area contributed by atoms with Crippen LogP contribution in [0.3, 0.4) is 0 Å². The van der Waals surface area contributed by atoms with Crippen LogP contribution in [0.5, 0.6) is 0 Å². The lowest BCUT2D eigenvalue weighted by molar-refractivity contribution is -0.139. The fraction of sp³-hybridized carbons (Fsp3) is 0.560. The quantitative estimate of drug-likeness (QED) is 0.622. The molecule has 0 saturated carbocycles. The summed E-state index contributed by atoms with van der Waals surface area (Å²) in [6.07, 6.45) is 0. The van der Waals surface area contributed by atoms with Crippen molar-refractivity contribution in [2.45, 2.75) is 46.7 Å². The molecule has 2 atom stereocenters. The van der Waals surface area contributed by atoms with Gasteiger partial charge in [0.2, 0.25) is 0 Å². The summed E-state index contributed by atoms with van der Waals surface area (Å²) in [7, 11) is 1.68. The van der Waals surface area contributed by atoms with Gasteiger partial charge in [0.05, 0.1) is 18.2 Å². The van der Waals surface area contributed by atoms with Crippen LogP contribution >= 0.6 is 0 Å². The van der Waals surface area contributed by atoms with Gasteiger partial charge in [0.25, 0.3) is 0 Å². The van der Waals surface area contributed by atoms with Crippen LogP contribution < -0.4 is 10.6 Å². The number of esters is 1. The number of aryl methyl sites for hydroxylation is 2. The molecule has 2 aliphatic heterocycles. The SMILES string of the molecule is CCNC(=O)N1CCN(CC2=C(C(=O)OCC)C(c3ccc(C)cc3C)NC(=O)N2C)CC1C. The fourth-order valence-electron chi connectivity index (χ4n) is 4.72. The van der Waals surface area contributed by atoms with Gasteiger partial charge in [0.15, 0.2) is 0 Å². The molecule has 2 aliphatic rings. The van der Waals surface area contributed by atoms with E-state index in [4.69, 9.17) is 4.74 Å². The zero-order valence-corrected chi connectivity index (χ0v) is 21.1. The molecule has 4 amide bonds. The molecule has 9 nitrogen and oxygen atoms in total. The Bertz CT molecular complexity index is 976. The lowest BCUT2D eigenvalue weighted by Crippen LogP contribution is -2.57. The van der Waals surface area contributed by atoms with Gasteiger partial charge in [0.1, 0.15) is 0 Å². The van der Waals surface area contributed by atoms with Gasteiger partial charge in [-0.3, -0.25) is 9.80 Å². The van der Waals surface area contributed by atoms with Gasteiger partial charge in [-0.1, -0.05) is 23.8 Å². The van der Waals surface area contributed by atoms with Crippen molar-refractivity contribution in [2.75, 3.05) is 46.4 Å². The zero-order valence-electron chi connectivity index (χ0n) is 21.1. The van der Waals surface area contributed by atoms with E-state index in [0.717, 1.165) is 16.7 Å². The number of carbonyl (C=O) groups is 3. The van der Waals surface area contributed by atoms with E-state index >= 15 is 0 Å². The monoisotopic (exact) mass is 471 g/mol. The van der Waals surface area contributed by atoms with Gasteiger partial charge in [-0.2, -0.15) is 0 Å². The maximum absolute atomic E-state index is 13.2. The van der Waals surface area contributed by atoms with Crippen molar-refractivity contribution in [3.05, 3.63) is 46.2 Å². The first-order valence-electron chi connectivity index (χ1n) is 12.0. The Balaban J connectivity index is 1.96. The number of carbonyl (C=O) groups excluding carboxylic acids is 3. The summed E-state index contributed by atoms with van der Waals surface area (Å²) in [5, 5.41) is 5.85. The zero-order chi connectivity index (χ0) is 25.0. The number of rotatable bonds is 6. The fourth-order valence-corrected chi connectivity index (χ4v) is 4.72. The van der Waals surface area contributed by atoms with E-state index in [1.165, 1.54) is 4.90 Å². The third-order valence-electron chi connectivity index (χ3n) is 6.48. The predicted molar refractivity (Wildman–Crippen MR) is 130 cm³/mol. The first kappa shape index (κ1) is 25.6. The molecule has 2 heterocycles. The molecule has 1 saturated heterocycles. The number of nitrogens with zero attached hydrogens (tertiary/aromatic N) is 3. The molecule has 2 N–H and O–H groups in total. The highest BCUT2D eigenvalue weighted by Gasteiger charge is 2.38. The minimum absolute atomic E-state index is 0.00445. The number of nitrogens with one attached hydrogen (secondary N) is 2. The first-order valence-corrected chi connectivity index (χ1v) is 12.0. The van der Waals surface area contributed by atoms with E-state index in [2.05, 4.69) is 15.5 Å². The summed E-state index contributed by atoms with van der Waals surface area (Å²) in [6, 6.07) is 5.08. The molecule has 34 heavy (non-hydrogen) atoms. The van der Waals surface area contributed by atoms with Gasteiger partial charge < -0.3 is 20.3 Å². The highest BCUT2D eigenvalue weighted by molar-refractivity contribution is 5.95. The Hall–Kier alpha value is -3.07. The third kappa shape index (κ3) is 5.35. The minimum atomic E-state index is -0.590. The van der Waals surface area contributed by atoms with Crippen molar-refractivity contribution in [1.29, 1.82) is 0 Å². The number of likely N-dealkylation sites (N-methyl/N-ethyl adjacent to an activating group) is 1. The van der Waals surface area contributed by atoms with Crippen molar-refractivity contribution in [1.82, 2.24) is 25.3 Å². The van der Waals surface area contributed by atoms with Crippen molar-refractivity contribution < 1.29 is 19.1 Å². The minimum Gasteiger partial charge on any atom is -0.463 e. The summed E-state index contributed by atoms with van der Waals surface area (Å²) < 4.78 is 5.44. The van der Waals surface area contributed by atoms with E-state index in [1.54, 1.807) is 14.0 Å². The molecule has 1 aromatic rings. The molecule has 186 valence electrons. The van der Waals surface area contributed by atoms with E-state index in [0.29, 0.717) is 44.0 Å². The molecule has 0 aliphatic carbocycles. The standard InChI is InChI=1S/C25H37N5O4/c1-7-26-24(32)30-12-11-29(14-18(30)5)15-20-21(23(31)34-8-2)22(27-25(33)28(20)6)19-10-9-16(3)13-17(19)4/h9-10,13,18,22H,7-8,11-12,14-15H2,1-6H3,(H,26,32)(H,27,33). The maximum Gasteiger partial charge on any atom is 0.338 e. The number of ether oxygens (including phenoxy) is 1. The average Bonchev–Trinajstić information content (AvgIpc) is 2.77. The lowest BCUT2D eigenvalue weighted by Gasteiger charge is -2.42. The highest BCUT2D eigenvalue weighted by atomic mass is 16.5. The first-order chi connectivity index (χ1) is 16.2. The summed E-state index contributed by atoms with van der Waals surface area (Å²) >= 11 is 0. The molecule has 1 aromatic carbocycles. The second-order valence-corrected chi connectivity index (χ2v) is 9.00. The molecule has 0 spiro atoms. The van der Waals surface area contributed by atoms with Crippen molar-refractivity contribution in [2.24, 2.45) is 0 Å². The molecule has 0 aromatic heterocycles. The summed E-state index contributed by atoms with van der Waals surface area (Å²) in [4.78, 5) is 44.0. The normalized spacial score (nSPS) is 21.4. The van der Waals surface area contributed by atoms with Crippen LogP contribution in [0.2, 0.25) is 0 Å². The number of urea groups is 2. The highest BCUT2D eigenvalue weighted by Crippen LogP contribution is 2.33. The number of piperazine rings is 1. The Labute approximate surface area is 202 Å². The van der Waals surface area contributed by atoms with Crippen molar-refractivity contribution in [3.8, 4) is 0 Å². The van der Waals surface area contributed by atoms with Gasteiger partial charge in [-0.15, -0.1) is 0 Å². The van der Waals surface area contributed by atoms with E-state index in [9.17, 15) is 14.4 Å². The van der Waals surface area contributed by atoms with Crippen molar-refractivity contribution >= 4 is 18.0 Å². The molecule has 1 fully saturated rings. The summed E-state index contributed by atoms with van der Waals surface area (Å²) in [5.74, 6) is -0.427. The Morgan fingerprint density at radius 2 is 1.94 bits per heavy atom. The van der Waals surface area contributed by atoms with Crippen LogP contribution in [0, 0.1) is 13.8 Å². The summed E-state index contributed by atoms with van der Waals surface area (Å²) in [5.41, 5.74) is 4.07. The molecule has 0 radical (unpaired) electrons. The van der Waals surface area contributed by atoms with Crippen LogP contribution in [0.4, 0.5) is 9.59 Å². The van der Waals surface area contributed by atoms with Crippen LogP contribution in [0.1, 0.15) is 43.5 Å². The van der Waals surface area contributed by atoms with Gasteiger partial charge in [-0.05, 0) is 45.7 Å². The van der Waals surface area contributed by atoms with E-state index in [-0.39, 0.29) is 24.7 Å². The summed E-state index contributed by atoms with van der Waals surface area (Å²) in [6.45, 7) is 12.8. The molecule has 2 unspecified atom stereocenters. The Kier molecular flexibility index (Phi) is 8.19. The second-order valence-electron chi connectivity index (χ2n) is 9.00. The van der Waals surface area contributed by atoms with E-state index in [1.807, 2.05) is 50.8 Å². The van der Waals surface area contributed by atoms with E-state index < -0.39 is 12.0 Å². The van der Waals surface area contributed by atoms with Crippen LogP contribution in [-0.2, 0) is 9.53 Å². The average molecular weight is 472 g/mol. The molecule has 9 heteroatoms. The second kappa shape index (κ2) is 10.9. The predicted octanol–water partition coefficient (Wildman–Crippen LogP) is 2.55. The molecular formula is C25H37N5O4. The topological polar surface area (TPSA) is 94.2 Å². The molecule has 0 bridgehead atoms. The Morgan fingerprint density at radius 1 is 1.21 bits per heavy atom. The van der Waals surface area contributed by atoms with Crippen LogP contribution in [-0.4, -0.2) is 85.2 Å². The van der Waals surface area contributed by atoms with Gasteiger partial charge >= 0.3 is 18.0 Å². The number of hydrogen-bond acceptors (Lipinski definition) is 5. The lowest BCUT2D eigenvalue weighted by atomic mass is 9.90. The largest absolute Gasteiger partial charge is 0.463 e. The van der Waals surface area contributed by atoms with Gasteiger partial charge in [-0.25, -0.2) is 14.4 Å². The number of amides is 4. The molecule has 3 rings (SSSR count). The number of benzene rings is 1.